The molecule has 2 aromatic heterocycles. The van der Waals surface area contributed by atoms with E-state index in [0.29, 0.717) is 35.7 Å². The molecule has 1 fully saturated rings. The summed E-state index contributed by atoms with van der Waals surface area (Å²) in [4.78, 5) is 36.1. The van der Waals surface area contributed by atoms with E-state index in [1.165, 1.54) is 26.4 Å². The van der Waals surface area contributed by atoms with E-state index in [0.717, 1.165) is 12.2 Å². The first-order chi connectivity index (χ1) is 22.3. The third kappa shape index (κ3) is 9.42. The molecule has 4 rings (SSSR count). The van der Waals surface area contributed by atoms with Gasteiger partial charge in [0.15, 0.2) is 11.2 Å². The quantitative estimate of drug-likeness (QED) is 0.0931. The maximum Gasteiger partial charge on any atom is 0.416 e. The number of aromatic nitrogens is 4. The van der Waals surface area contributed by atoms with Gasteiger partial charge in [0.05, 0.1) is 24.6 Å². The standard InChI is InChI=1S/C30H35ClF3N6O6P/c1-5-6-7-23(30(32,33)34)18(2)15-44-27(42)29(12-13-29)39-47(46-21-10-8-20(31)9-11-21)45-16-22(43-4)14-19(3)40-17-36-24-25(40)37-28(35)38-26(24)41/h5-11,17,19,22,39H,1,12-16H2,2-4H3,(H3,35,37,38,41)/b7-6-,23-18-. The number of benzene rings is 1. The molecule has 0 spiro atoms. The van der Waals surface area contributed by atoms with E-state index < -0.39 is 50.1 Å². The Kier molecular flexibility index (Phi) is 11.9. The number of rotatable bonds is 16. The zero-order chi connectivity index (χ0) is 34.4. The number of anilines is 1. The number of nitrogens with zero attached hydrogens (tertiary/aromatic N) is 3. The van der Waals surface area contributed by atoms with E-state index >= 15 is 0 Å². The Morgan fingerprint density at radius 1 is 1.32 bits per heavy atom. The topological polar surface area (TPSA) is 156 Å². The summed E-state index contributed by atoms with van der Waals surface area (Å²) in [5.74, 6) is -0.364. The summed E-state index contributed by atoms with van der Waals surface area (Å²) in [6.45, 7) is 5.99. The normalized spacial score (nSPS) is 16.8. The van der Waals surface area contributed by atoms with Crippen LogP contribution in [0, 0.1) is 0 Å². The Labute approximate surface area is 274 Å². The predicted molar refractivity (Wildman–Crippen MR) is 172 cm³/mol. The number of esters is 1. The van der Waals surface area contributed by atoms with Crippen LogP contribution in [0.3, 0.4) is 0 Å². The second kappa shape index (κ2) is 15.4. The van der Waals surface area contributed by atoms with Gasteiger partial charge in [0.1, 0.15) is 17.9 Å². The van der Waals surface area contributed by atoms with Crippen LogP contribution in [0.4, 0.5) is 19.1 Å². The van der Waals surface area contributed by atoms with Crippen LogP contribution >= 0.6 is 20.1 Å². The molecule has 0 saturated heterocycles. The number of nitrogen functional groups attached to an aromatic ring is 1. The molecular formula is C30H35ClF3N6O6P. The molecule has 3 atom stereocenters. The highest BCUT2D eigenvalue weighted by molar-refractivity contribution is 7.45. The van der Waals surface area contributed by atoms with Gasteiger partial charge in [0.25, 0.3) is 5.56 Å². The number of ether oxygens (including phenoxy) is 2. The van der Waals surface area contributed by atoms with Crippen molar-refractivity contribution >= 4 is 43.2 Å². The number of aromatic amines is 1. The number of H-pyrrole nitrogens is 1. The highest BCUT2D eigenvalue weighted by atomic mass is 35.5. The molecule has 17 heteroatoms. The van der Waals surface area contributed by atoms with Crippen LogP contribution in [-0.4, -0.2) is 63.6 Å². The Morgan fingerprint density at radius 2 is 2.02 bits per heavy atom. The molecule has 0 radical (unpaired) electrons. The third-order valence-electron chi connectivity index (χ3n) is 7.27. The van der Waals surface area contributed by atoms with Gasteiger partial charge < -0.3 is 28.8 Å². The largest absolute Gasteiger partial charge is 0.460 e. The maximum atomic E-state index is 13.5. The number of hydrogen-bond acceptors (Lipinski definition) is 10. The molecule has 4 N–H and O–H groups in total. The van der Waals surface area contributed by atoms with Gasteiger partial charge in [-0.25, -0.2) is 10.1 Å². The molecule has 47 heavy (non-hydrogen) atoms. The fraction of sp³-hybridized carbons (Fsp3) is 0.400. The lowest BCUT2D eigenvalue weighted by molar-refractivity contribution is -0.146. The first-order valence-electron chi connectivity index (χ1n) is 14.4. The van der Waals surface area contributed by atoms with E-state index in [4.69, 9.17) is 35.9 Å². The maximum absolute atomic E-state index is 13.5. The number of hydrogen-bond donors (Lipinski definition) is 3. The number of alkyl halides is 3. The molecule has 3 unspecified atom stereocenters. The van der Waals surface area contributed by atoms with Crippen molar-refractivity contribution in [2.24, 2.45) is 0 Å². The minimum absolute atomic E-state index is 0.0213. The summed E-state index contributed by atoms with van der Waals surface area (Å²) in [5, 5.41) is 3.58. The lowest BCUT2D eigenvalue weighted by atomic mass is 10.1. The monoisotopic (exact) mass is 698 g/mol. The third-order valence-corrected chi connectivity index (χ3v) is 8.90. The van der Waals surface area contributed by atoms with Gasteiger partial charge in [-0.15, -0.1) is 0 Å². The average Bonchev–Trinajstić information content (AvgIpc) is 3.67. The number of nitrogens with one attached hydrogen (secondary N) is 2. The Morgan fingerprint density at radius 3 is 2.64 bits per heavy atom. The number of fused-ring (bicyclic) bond motifs is 1. The number of allylic oxidation sites excluding steroid dienone is 4. The molecule has 0 aliphatic heterocycles. The van der Waals surface area contributed by atoms with Crippen molar-refractivity contribution in [3.8, 4) is 5.75 Å². The summed E-state index contributed by atoms with van der Waals surface area (Å²) in [5.41, 5.74) is 3.45. The van der Waals surface area contributed by atoms with Crippen LogP contribution in [0.1, 0.15) is 39.2 Å². The van der Waals surface area contributed by atoms with Gasteiger partial charge in [-0.2, -0.15) is 18.2 Å². The van der Waals surface area contributed by atoms with Gasteiger partial charge in [-0.1, -0.05) is 30.3 Å². The van der Waals surface area contributed by atoms with Crippen molar-refractivity contribution in [1.29, 1.82) is 0 Å². The van der Waals surface area contributed by atoms with Crippen LogP contribution < -0.4 is 20.9 Å². The first-order valence-corrected chi connectivity index (χ1v) is 15.9. The fourth-order valence-corrected chi connectivity index (χ4v) is 6.08. The van der Waals surface area contributed by atoms with Crippen LogP contribution in [0.15, 0.2) is 71.3 Å². The van der Waals surface area contributed by atoms with Crippen LogP contribution in [0.2, 0.25) is 5.02 Å². The smallest absolute Gasteiger partial charge is 0.416 e. The number of carbonyl (C=O) groups excluding carboxylic acids is 1. The van der Waals surface area contributed by atoms with Crippen molar-refractivity contribution in [3.63, 3.8) is 0 Å². The lowest BCUT2D eigenvalue weighted by Gasteiger charge is -2.26. The second-order valence-electron chi connectivity index (χ2n) is 10.9. The Balaban J connectivity index is 1.46. The number of methoxy groups -OCH3 is 1. The summed E-state index contributed by atoms with van der Waals surface area (Å²) >= 11 is 6.02. The van der Waals surface area contributed by atoms with Crippen molar-refractivity contribution in [3.05, 3.63) is 81.9 Å². The zero-order valence-corrected chi connectivity index (χ0v) is 27.5. The molecule has 1 aliphatic carbocycles. The van der Waals surface area contributed by atoms with Crippen LogP contribution in [-0.2, 0) is 18.8 Å². The average molecular weight is 699 g/mol. The number of nitrogens with two attached hydrogens (primary N) is 1. The van der Waals surface area contributed by atoms with Gasteiger partial charge >= 0.3 is 20.7 Å². The number of imidazole rings is 1. The number of carbonyl (C=O) groups is 1. The van der Waals surface area contributed by atoms with E-state index in [-0.39, 0.29) is 29.7 Å². The van der Waals surface area contributed by atoms with Crippen molar-refractivity contribution < 1.29 is 36.5 Å². The van der Waals surface area contributed by atoms with Crippen molar-refractivity contribution in [2.45, 2.75) is 57.0 Å². The predicted octanol–water partition coefficient (Wildman–Crippen LogP) is 5.93. The summed E-state index contributed by atoms with van der Waals surface area (Å²) in [7, 11) is -0.484. The zero-order valence-electron chi connectivity index (χ0n) is 25.8. The fourth-order valence-electron chi connectivity index (χ4n) is 4.51. The molecule has 254 valence electrons. The van der Waals surface area contributed by atoms with Crippen molar-refractivity contribution in [1.82, 2.24) is 24.6 Å². The summed E-state index contributed by atoms with van der Waals surface area (Å²) in [6.07, 6.45) is 0.758. The molecule has 0 bridgehead atoms. The highest BCUT2D eigenvalue weighted by Crippen LogP contribution is 2.47. The molecule has 3 aromatic rings. The second-order valence-corrected chi connectivity index (χ2v) is 12.5. The molecule has 1 aliphatic rings. The Bertz CT molecular complexity index is 1690. The highest BCUT2D eigenvalue weighted by Gasteiger charge is 2.54. The summed E-state index contributed by atoms with van der Waals surface area (Å²) in [6, 6.07) is 6.26. The van der Waals surface area contributed by atoms with Crippen LogP contribution in [0.5, 0.6) is 5.75 Å². The minimum atomic E-state index is -4.64. The minimum Gasteiger partial charge on any atom is -0.460 e. The summed E-state index contributed by atoms with van der Waals surface area (Å²) < 4.78 is 65.5. The SMILES string of the molecule is C=C/C=C\C(=C(/C)COC(=O)C1(NP(OCC(CC(C)n2cnc3c(=O)[nH]c(N)nc32)OC)Oc2ccc(Cl)cc2)CC1)C(F)(F)F. The van der Waals surface area contributed by atoms with E-state index in [9.17, 15) is 22.8 Å². The molecule has 1 aromatic carbocycles. The lowest BCUT2D eigenvalue weighted by Crippen LogP contribution is -2.39. The molecule has 1 saturated carbocycles. The Hall–Kier alpha value is -3.75. The van der Waals surface area contributed by atoms with Crippen molar-refractivity contribution in [2.75, 3.05) is 26.1 Å². The molecular weight excluding hydrogens is 664 g/mol. The molecule has 0 amide bonds. The van der Waals surface area contributed by atoms with Gasteiger partial charge in [-0.3, -0.25) is 14.6 Å². The van der Waals surface area contributed by atoms with E-state index in [2.05, 4.69) is 26.6 Å². The number of halogens is 4. The van der Waals surface area contributed by atoms with Gasteiger partial charge in [-0.05, 0) is 69.0 Å². The molecule has 12 nitrogen and oxygen atoms in total. The first kappa shape index (κ1) is 36.1. The van der Waals surface area contributed by atoms with E-state index in [1.54, 1.807) is 28.8 Å². The molecule has 2 heterocycles. The van der Waals surface area contributed by atoms with E-state index in [1.807, 2.05) is 6.92 Å². The van der Waals surface area contributed by atoms with Gasteiger partial charge in [0.2, 0.25) is 5.95 Å². The van der Waals surface area contributed by atoms with Gasteiger partial charge in [0, 0.05) is 18.2 Å². The van der Waals surface area contributed by atoms with Crippen LogP contribution in [0.25, 0.3) is 11.2 Å².